The number of hydrogen-bond donors (Lipinski definition) is 2. The van der Waals surface area contributed by atoms with Gasteiger partial charge in [0.1, 0.15) is 5.82 Å². The van der Waals surface area contributed by atoms with Gasteiger partial charge in [-0.15, -0.1) is 0 Å². The van der Waals surface area contributed by atoms with Crippen molar-refractivity contribution in [2.45, 2.75) is 0 Å². The summed E-state index contributed by atoms with van der Waals surface area (Å²) in [5.74, 6) is -2.44. The number of anilines is 3. The Morgan fingerprint density at radius 2 is 1.68 bits per heavy atom. The van der Waals surface area contributed by atoms with E-state index in [0.29, 0.717) is 16.2 Å². The topological polar surface area (TPSA) is 37.0 Å². The number of aromatic nitrogens is 1. The third-order valence-corrected chi connectivity index (χ3v) is 2.99. The number of pyridine rings is 1. The quantitative estimate of drug-likeness (QED) is 0.891. The maximum absolute atomic E-state index is 13.5. The van der Waals surface area contributed by atoms with Crippen molar-refractivity contribution in [3.05, 3.63) is 46.2 Å². The van der Waals surface area contributed by atoms with E-state index in [-0.39, 0.29) is 11.6 Å². The van der Waals surface area contributed by atoms with Crippen molar-refractivity contribution >= 4 is 33.3 Å². The lowest BCUT2D eigenvalue weighted by Gasteiger charge is -2.09. The molecule has 1 heterocycles. The molecule has 1 aromatic heterocycles. The maximum Gasteiger partial charge on any atom is 0.169 e. The van der Waals surface area contributed by atoms with Crippen LogP contribution in [0.3, 0.4) is 0 Å². The summed E-state index contributed by atoms with van der Waals surface area (Å²) in [4.78, 5) is 3.73. The summed E-state index contributed by atoms with van der Waals surface area (Å²) in [7, 11) is 1.46. The summed E-state index contributed by atoms with van der Waals surface area (Å²) in [5, 5.41) is 5.08. The zero-order valence-corrected chi connectivity index (χ0v) is 11.4. The summed E-state index contributed by atoms with van der Waals surface area (Å²) < 4.78 is 40.4. The molecular weight excluding hydrogens is 323 g/mol. The molecule has 0 aliphatic carbocycles. The molecular formula is C12H9BrF3N3. The zero-order valence-electron chi connectivity index (χ0n) is 9.77. The van der Waals surface area contributed by atoms with Crippen LogP contribution in [0.1, 0.15) is 0 Å². The van der Waals surface area contributed by atoms with Crippen molar-refractivity contribution in [1.82, 2.24) is 4.98 Å². The highest BCUT2D eigenvalue weighted by Gasteiger charge is 2.11. The van der Waals surface area contributed by atoms with Crippen LogP contribution in [0.4, 0.5) is 30.5 Å². The lowest BCUT2D eigenvalue weighted by atomic mass is 10.3. The Hall–Kier alpha value is -1.76. The SMILES string of the molecule is CNc1nc(Nc2ccc(Br)c(F)c2)c(F)cc1F. The van der Waals surface area contributed by atoms with Gasteiger partial charge in [-0.05, 0) is 34.1 Å². The molecule has 0 atom stereocenters. The van der Waals surface area contributed by atoms with Gasteiger partial charge in [-0.25, -0.2) is 18.2 Å². The van der Waals surface area contributed by atoms with Gasteiger partial charge in [0.2, 0.25) is 0 Å². The normalized spacial score (nSPS) is 10.4. The molecule has 1 aromatic carbocycles. The number of rotatable bonds is 3. The van der Waals surface area contributed by atoms with E-state index < -0.39 is 17.5 Å². The Bertz CT molecular complexity index is 619. The molecule has 0 spiro atoms. The van der Waals surface area contributed by atoms with Gasteiger partial charge in [-0.2, -0.15) is 0 Å². The summed E-state index contributed by atoms with van der Waals surface area (Å²) in [5.41, 5.74) is 0.306. The summed E-state index contributed by atoms with van der Waals surface area (Å²) in [6, 6.07) is 4.89. The van der Waals surface area contributed by atoms with E-state index in [1.54, 1.807) is 0 Å². The average molecular weight is 332 g/mol. The van der Waals surface area contributed by atoms with Crippen LogP contribution in [0, 0.1) is 17.5 Å². The molecule has 19 heavy (non-hydrogen) atoms. The van der Waals surface area contributed by atoms with E-state index >= 15 is 0 Å². The minimum Gasteiger partial charge on any atom is -0.371 e. The van der Waals surface area contributed by atoms with E-state index in [1.807, 2.05) is 0 Å². The standard InChI is InChI=1S/C12H9BrF3N3/c1-17-11-9(15)5-10(16)12(19-11)18-6-2-3-7(13)8(14)4-6/h2-5H,1H3,(H2,17,18,19). The predicted molar refractivity (Wildman–Crippen MR) is 71.1 cm³/mol. The summed E-state index contributed by atoms with van der Waals surface area (Å²) in [6.07, 6.45) is 0. The minimum atomic E-state index is -0.861. The van der Waals surface area contributed by atoms with Gasteiger partial charge in [-0.1, -0.05) is 0 Å². The van der Waals surface area contributed by atoms with Gasteiger partial charge in [0.25, 0.3) is 0 Å². The fourth-order valence-corrected chi connectivity index (χ4v) is 1.69. The minimum absolute atomic E-state index is 0.0958. The number of benzene rings is 1. The smallest absolute Gasteiger partial charge is 0.169 e. The first kappa shape index (κ1) is 13.7. The monoisotopic (exact) mass is 331 g/mol. The van der Waals surface area contributed by atoms with Crippen LogP contribution in [-0.4, -0.2) is 12.0 Å². The summed E-state index contributed by atoms with van der Waals surface area (Å²) in [6.45, 7) is 0. The molecule has 0 radical (unpaired) electrons. The second kappa shape index (κ2) is 5.48. The Kier molecular flexibility index (Phi) is 3.94. The zero-order chi connectivity index (χ0) is 14.0. The van der Waals surface area contributed by atoms with E-state index in [1.165, 1.54) is 25.2 Å². The fraction of sp³-hybridized carbons (Fsp3) is 0.0833. The molecule has 0 saturated heterocycles. The highest BCUT2D eigenvalue weighted by molar-refractivity contribution is 9.10. The average Bonchev–Trinajstić information content (AvgIpc) is 2.37. The molecule has 3 nitrogen and oxygen atoms in total. The molecule has 0 amide bonds. The molecule has 2 N–H and O–H groups in total. The van der Waals surface area contributed by atoms with Gasteiger partial charge in [-0.3, -0.25) is 0 Å². The van der Waals surface area contributed by atoms with Gasteiger partial charge in [0, 0.05) is 18.8 Å². The molecule has 0 aliphatic heterocycles. The van der Waals surface area contributed by atoms with Crippen LogP contribution < -0.4 is 10.6 Å². The van der Waals surface area contributed by atoms with Crippen molar-refractivity contribution in [2.75, 3.05) is 17.7 Å². The fourth-order valence-electron chi connectivity index (χ4n) is 1.44. The first-order valence-corrected chi connectivity index (χ1v) is 6.06. The van der Waals surface area contributed by atoms with Gasteiger partial charge in [0.15, 0.2) is 23.3 Å². The molecule has 2 rings (SSSR count). The predicted octanol–water partition coefficient (Wildman–Crippen LogP) is 4.05. The Morgan fingerprint density at radius 1 is 1.00 bits per heavy atom. The Balaban J connectivity index is 2.34. The Labute approximate surface area is 116 Å². The molecule has 0 saturated carbocycles. The first-order chi connectivity index (χ1) is 9.01. The molecule has 2 aromatic rings. The number of hydrogen-bond acceptors (Lipinski definition) is 3. The first-order valence-electron chi connectivity index (χ1n) is 5.27. The van der Waals surface area contributed by atoms with Crippen molar-refractivity contribution in [3.8, 4) is 0 Å². The largest absolute Gasteiger partial charge is 0.371 e. The lowest BCUT2D eigenvalue weighted by Crippen LogP contribution is -2.03. The van der Waals surface area contributed by atoms with Crippen LogP contribution >= 0.6 is 15.9 Å². The molecule has 0 unspecified atom stereocenters. The van der Waals surface area contributed by atoms with Gasteiger partial charge >= 0.3 is 0 Å². The second-order valence-corrected chi connectivity index (χ2v) is 4.51. The lowest BCUT2D eigenvalue weighted by molar-refractivity contribution is 0.580. The molecule has 0 bridgehead atoms. The molecule has 100 valence electrons. The van der Waals surface area contributed by atoms with Crippen LogP contribution in [0.2, 0.25) is 0 Å². The van der Waals surface area contributed by atoms with Crippen molar-refractivity contribution < 1.29 is 13.2 Å². The van der Waals surface area contributed by atoms with E-state index in [9.17, 15) is 13.2 Å². The third kappa shape index (κ3) is 2.98. The number of nitrogens with zero attached hydrogens (tertiary/aromatic N) is 1. The molecule has 0 aliphatic rings. The van der Waals surface area contributed by atoms with Crippen LogP contribution in [0.5, 0.6) is 0 Å². The van der Waals surface area contributed by atoms with Crippen molar-refractivity contribution in [1.29, 1.82) is 0 Å². The van der Waals surface area contributed by atoms with Crippen molar-refractivity contribution in [3.63, 3.8) is 0 Å². The van der Waals surface area contributed by atoms with Crippen LogP contribution in [0.25, 0.3) is 0 Å². The number of nitrogens with one attached hydrogen (secondary N) is 2. The highest BCUT2D eigenvalue weighted by Crippen LogP contribution is 2.25. The van der Waals surface area contributed by atoms with E-state index in [2.05, 4.69) is 31.5 Å². The van der Waals surface area contributed by atoms with Gasteiger partial charge in [0.05, 0.1) is 4.47 Å². The highest BCUT2D eigenvalue weighted by atomic mass is 79.9. The molecule has 0 fully saturated rings. The number of halogens is 4. The molecule has 7 heteroatoms. The van der Waals surface area contributed by atoms with E-state index in [4.69, 9.17) is 0 Å². The van der Waals surface area contributed by atoms with E-state index in [0.717, 1.165) is 0 Å². The maximum atomic E-state index is 13.5. The van der Waals surface area contributed by atoms with Crippen LogP contribution in [0.15, 0.2) is 28.7 Å². The van der Waals surface area contributed by atoms with Gasteiger partial charge < -0.3 is 10.6 Å². The second-order valence-electron chi connectivity index (χ2n) is 3.65. The third-order valence-electron chi connectivity index (χ3n) is 2.35. The van der Waals surface area contributed by atoms with Crippen molar-refractivity contribution in [2.24, 2.45) is 0 Å². The summed E-state index contributed by atoms with van der Waals surface area (Å²) >= 11 is 3.01. The Morgan fingerprint density at radius 3 is 2.32 bits per heavy atom. The van der Waals surface area contributed by atoms with Crippen LogP contribution in [-0.2, 0) is 0 Å².